The summed E-state index contributed by atoms with van der Waals surface area (Å²) in [5.41, 5.74) is -0.540. The minimum atomic E-state index is -0.697. The number of carbonyl (C=O) groups is 1. The third kappa shape index (κ3) is 5.49. The first kappa shape index (κ1) is 12.8. The average Bonchev–Trinajstić information content (AvgIpc) is 2.01. The van der Waals surface area contributed by atoms with E-state index in [0.717, 1.165) is 6.42 Å². The molecule has 4 heteroatoms. The van der Waals surface area contributed by atoms with Crippen LogP contribution in [0.15, 0.2) is 4.99 Å². The Labute approximate surface area is 84.4 Å². The molecule has 0 rings (SSSR count). The molecule has 0 bridgehead atoms. The van der Waals surface area contributed by atoms with Crippen molar-refractivity contribution in [2.24, 2.45) is 4.99 Å². The Kier molecular flexibility index (Phi) is 5.10. The Morgan fingerprint density at radius 3 is 2.43 bits per heavy atom. The lowest BCUT2D eigenvalue weighted by atomic mass is 10.1. The van der Waals surface area contributed by atoms with Crippen molar-refractivity contribution < 1.29 is 14.3 Å². The molecule has 14 heavy (non-hydrogen) atoms. The van der Waals surface area contributed by atoms with Crippen LogP contribution >= 0.6 is 0 Å². The maximum atomic E-state index is 11.4. The normalized spacial score (nSPS) is 12.9. The zero-order chi connectivity index (χ0) is 11.2. The lowest BCUT2D eigenvalue weighted by Gasteiger charge is -2.21. The molecular weight excluding hydrogens is 182 g/mol. The van der Waals surface area contributed by atoms with Crippen LogP contribution in [0.3, 0.4) is 0 Å². The Bertz CT molecular complexity index is 236. The zero-order valence-electron chi connectivity index (χ0n) is 9.16. The highest BCUT2D eigenvalue weighted by atomic mass is 16.6. The molecular formula is C10H17NO3. The van der Waals surface area contributed by atoms with Gasteiger partial charge in [-0.15, -0.1) is 0 Å². The van der Waals surface area contributed by atoms with Gasteiger partial charge in [-0.3, -0.25) is 0 Å². The highest BCUT2D eigenvalue weighted by Gasteiger charge is 2.23. The topological polar surface area (TPSA) is 55.7 Å². The number of hydrogen-bond acceptors (Lipinski definition) is 4. The quantitative estimate of drug-likeness (QED) is 0.394. The fourth-order valence-electron chi connectivity index (χ4n) is 0.942. The number of ether oxygens (including phenoxy) is 1. The number of esters is 1. The largest absolute Gasteiger partial charge is 0.458 e. The summed E-state index contributed by atoms with van der Waals surface area (Å²) < 4.78 is 5.09. The van der Waals surface area contributed by atoms with Crippen molar-refractivity contribution in [1.29, 1.82) is 0 Å². The second-order valence-electron chi connectivity index (χ2n) is 4.06. The van der Waals surface area contributed by atoms with Gasteiger partial charge < -0.3 is 4.74 Å². The van der Waals surface area contributed by atoms with Gasteiger partial charge in [0.25, 0.3) is 0 Å². The van der Waals surface area contributed by atoms with Gasteiger partial charge in [0, 0.05) is 0 Å². The van der Waals surface area contributed by atoms with Gasteiger partial charge in [-0.1, -0.05) is 13.3 Å². The van der Waals surface area contributed by atoms with E-state index in [4.69, 9.17) is 4.74 Å². The summed E-state index contributed by atoms with van der Waals surface area (Å²) >= 11 is 0. The standard InChI is InChI=1S/C10H17NO3/c1-5-6-8(11-7-12)9(13)14-10(2,3)4/h8H,5-6H2,1-4H3/t8-/m0/s1. The van der Waals surface area contributed by atoms with E-state index in [0.29, 0.717) is 6.42 Å². The van der Waals surface area contributed by atoms with E-state index in [-0.39, 0.29) is 0 Å². The van der Waals surface area contributed by atoms with E-state index in [9.17, 15) is 9.59 Å². The molecule has 0 saturated carbocycles. The summed E-state index contributed by atoms with van der Waals surface area (Å²) in [6.07, 6.45) is 2.68. The number of nitrogens with zero attached hydrogens (tertiary/aromatic N) is 1. The van der Waals surface area contributed by atoms with Gasteiger partial charge in [-0.25, -0.2) is 9.59 Å². The highest BCUT2D eigenvalue weighted by molar-refractivity contribution is 5.77. The molecule has 0 amide bonds. The van der Waals surface area contributed by atoms with Crippen LogP contribution in [0.1, 0.15) is 40.5 Å². The number of isocyanates is 1. The van der Waals surface area contributed by atoms with Crippen molar-refractivity contribution in [2.45, 2.75) is 52.2 Å². The van der Waals surface area contributed by atoms with Crippen LogP contribution in [-0.4, -0.2) is 23.7 Å². The molecule has 0 aromatic heterocycles. The summed E-state index contributed by atoms with van der Waals surface area (Å²) in [6, 6.07) is -0.697. The number of hydrogen-bond donors (Lipinski definition) is 0. The van der Waals surface area contributed by atoms with E-state index in [1.165, 1.54) is 6.08 Å². The summed E-state index contributed by atoms with van der Waals surface area (Å²) in [4.78, 5) is 24.9. The van der Waals surface area contributed by atoms with Gasteiger partial charge in [-0.2, -0.15) is 4.99 Å². The molecule has 0 N–H and O–H groups in total. The van der Waals surface area contributed by atoms with E-state index >= 15 is 0 Å². The monoisotopic (exact) mass is 199 g/mol. The highest BCUT2D eigenvalue weighted by Crippen LogP contribution is 2.12. The van der Waals surface area contributed by atoms with Crippen LogP contribution in [0, 0.1) is 0 Å². The zero-order valence-corrected chi connectivity index (χ0v) is 9.16. The van der Waals surface area contributed by atoms with Gasteiger partial charge in [0.15, 0.2) is 6.04 Å². The fourth-order valence-corrected chi connectivity index (χ4v) is 0.942. The minimum Gasteiger partial charge on any atom is -0.458 e. The maximum Gasteiger partial charge on any atom is 0.332 e. The first-order valence-electron chi connectivity index (χ1n) is 4.70. The van der Waals surface area contributed by atoms with Crippen LogP contribution < -0.4 is 0 Å². The Morgan fingerprint density at radius 2 is 2.07 bits per heavy atom. The van der Waals surface area contributed by atoms with Gasteiger partial charge >= 0.3 is 5.97 Å². The third-order valence-electron chi connectivity index (χ3n) is 1.45. The molecule has 0 spiro atoms. The molecule has 0 aromatic rings. The van der Waals surface area contributed by atoms with Gasteiger partial charge in [0.1, 0.15) is 5.60 Å². The van der Waals surface area contributed by atoms with Crippen molar-refractivity contribution >= 4 is 12.0 Å². The smallest absolute Gasteiger partial charge is 0.332 e. The summed E-state index contributed by atoms with van der Waals surface area (Å²) in [5.74, 6) is -0.456. The fraction of sp³-hybridized carbons (Fsp3) is 0.800. The van der Waals surface area contributed by atoms with E-state index in [2.05, 4.69) is 4.99 Å². The minimum absolute atomic E-state index is 0.456. The van der Waals surface area contributed by atoms with Crippen molar-refractivity contribution in [3.8, 4) is 0 Å². The predicted molar refractivity (Wildman–Crippen MR) is 52.7 cm³/mol. The molecule has 4 nitrogen and oxygen atoms in total. The maximum absolute atomic E-state index is 11.4. The second-order valence-corrected chi connectivity index (χ2v) is 4.06. The van der Waals surface area contributed by atoms with Gasteiger partial charge in [0.2, 0.25) is 6.08 Å². The number of aliphatic imine (C=N–C) groups is 1. The molecule has 0 aliphatic carbocycles. The van der Waals surface area contributed by atoms with Crippen molar-refractivity contribution in [3.63, 3.8) is 0 Å². The molecule has 0 aromatic carbocycles. The first-order valence-corrected chi connectivity index (χ1v) is 4.70. The summed E-state index contributed by atoms with van der Waals surface area (Å²) in [5, 5.41) is 0. The molecule has 0 fully saturated rings. The molecule has 0 heterocycles. The Hall–Kier alpha value is -1.15. The number of carbonyl (C=O) groups excluding carboxylic acids is 2. The van der Waals surface area contributed by atoms with E-state index in [1.807, 2.05) is 6.92 Å². The van der Waals surface area contributed by atoms with E-state index < -0.39 is 17.6 Å². The van der Waals surface area contributed by atoms with Crippen LogP contribution in [0.5, 0.6) is 0 Å². The van der Waals surface area contributed by atoms with Crippen molar-refractivity contribution in [3.05, 3.63) is 0 Å². The van der Waals surface area contributed by atoms with Gasteiger partial charge in [0.05, 0.1) is 0 Å². The summed E-state index contributed by atoms with van der Waals surface area (Å²) in [7, 11) is 0. The predicted octanol–water partition coefficient (Wildman–Crippen LogP) is 1.83. The average molecular weight is 199 g/mol. The van der Waals surface area contributed by atoms with Crippen LogP contribution in [0.4, 0.5) is 0 Å². The Morgan fingerprint density at radius 1 is 1.50 bits per heavy atom. The molecule has 80 valence electrons. The van der Waals surface area contributed by atoms with E-state index in [1.54, 1.807) is 20.8 Å². The lowest BCUT2D eigenvalue weighted by molar-refractivity contribution is -0.156. The second kappa shape index (κ2) is 5.55. The molecule has 0 aliphatic heterocycles. The van der Waals surface area contributed by atoms with Crippen LogP contribution in [0.2, 0.25) is 0 Å². The van der Waals surface area contributed by atoms with Gasteiger partial charge in [-0.05, 0) is 27.2 Å². The number of rotatable bonds is 4. The van der Waals surface area contributed by atoms with Crippen LogP contribution in [0.25, 0.3) is 0 Å². The molecule has 1 atom stereocenters. The first-order chi connectivity index (χ1) is 6.40. The van der Waals surface area contributed by atoms with Crippen molar-refractivity contribution in [1.82, 2.24) is 0 Å². The molecule has 0 aliphatic rings. The Balaban J connectivity index is 4.37. The molecule has 0 radical (unpaired) electrons. The SMILES string of the molecule is CCC[C@H](N=C=O)C(=O)OC(C)(C)C. The summed E-state index contributed by atoms with van der Waals surface area (Å²) in [6.45, 7) is 7.24. The lowest BCUT2D eigenvalue weighted by Crippen LogP contribution is -2.30. The molecule has 0 saturated heterocycles. The van der Waals surface area contributed by atoms with Crippen LogP contribution in [-0.2, 0) is 14.3 Å². The molecule has 0 unspecified atom stereocenters. The third-order valence-corrected chi connectivity index (χ3v) is 1.45. The van der Waals surface area contributed by atoms with Crippen molar-refractivity contribution in [2.75, 3.05) is 0 Å².